The van der Waals surface area contributed by atoms with E-state index in [1.807, 2.05) is 13.0 Å². The van der Waals surface area contributed by atoms with Crippen LogP contribution >= 0.6 is 0 Å². The van der Waals surface area contributed by atoms with Crippen LogP contribution in [0, 0.1) is 5.92 Å². The van der Waals surface area contributed by atoms with Crippen molar-refractivity contribution in [1.29, 1.82) is 0 Å². The maximum absolute atomic E-state index is 13.1. The summed E-state index contributed by atoms with van der Waals surface area (Å²) in [6, 6.07) is 3.63. The molecular formula is C29H36O9. The molecule has 9 heteroatoms. The van der Waals surface area contributed by atoms with E-state index in [-0.39, 0.29) is 5.92 Å². The molecule has 1 heterocycles. The normalized spacial score (nSPS) is 22.3. The highest BCUT2D eigenvalue weighted by molar-refractivity contribution is 5.90. The highest BCUT2D eigenvalue weighted by atomic mass is 16.6. The Morgan fingerprint density at radius 3 is 2.26 bits per heavy atom. The first-order chi connectivity index (χ1) is 18.1. The van der Waals surface area contributed by atoms with Crippen LogP contribution in [0.15, 0.2) is 23.8 Å². The van der Waals surface area contributed by atoms with Gasteiger partial charge in [0.1, 0.15) is 18.8 Å². The van der Waals surface area contributed by atoms with Crippen molar-refractivity contribution >= 4 is 5.97 Å². The van der Waals surface area contributed by atoms with Crippen molar-refractivity contribution in [2.45, 2.75) is 45.8 Å². The van der Waals surface area contributed by atoms with Crippen LogP contribution in [0.1, 0.15) is 44.9 Å². The molecule has 1 N–H and O–H groups in total. The number of hydrogen-bond donors (Lipinski definition) is 1. The Labute approximate surface area is 223 Å². The Bertz CT molecular complexity index is 1260. The van der Waals surface area contributed by atoms with Gasteiger partial charge in [-0.05, 0) is 50.8 Å². The van der Waals surface area contributed by atoms with Crippen molar-refractivity contribution < 1.29 is 43.1 Å². The largest absolute Gasteiger partial charge is 0.493 e. The molecule has 1 aliphatic carbocycles. The smallest absolute Gasteiger partial charge is 0.334 e. The lowest BCUT2D eigenvalue weighted by Gasteiger charge is -2.41. The second kappa shape index (κ2) is 10.6. The van der Waals surface area contributed by atoms with Gasteiger partial charge in [-0.3, -0.25) is 0 Å². The molecule has 206 valence electrons. The molecule has 0 spiro atoms. The number of methoxy groups -OCH3 is 4. The van der Waals surface area contributed by atoms with Crippen LogP contribution < -0.4 is 28.4 Å². The summed E-state index contributed by atoms with van der Waals surface area (Å²) < 4.78 is 41.2. The van der Waals surface area contributed by atoms with E-state index < -0.39 is 17.7 Å². The van der Waals surface area contributed by atoms with Gasteiger partial charge in [-0.15, -0.1) is 0 Å². The molecular weight excluding hydrogens is 492 g/mol. The number of esters is 1. The van der Waals surface area contributed by atoms with Crippen LogP contribution in [0.4, 0.5) is 0 Å². The zero-order valence-corrected chi connectivity index (χ0v) is 23.2. The van der Waals surface area contributed by atoms with E-state index in [4.69, 9.17) is 33.2 Å². The van der Waals surface area contributed by atoms with E-state index in [1.54, 1.807) is 47.1 Å². The van der Waals surface area contributed by atoms with Gasteiger partial charge in [0.25, 0.3) is 0 Å². The number of rotatable bonds is 6. The van der Waals surface area contributed by atoms with Crippen molar-refractivity contribution in [3.63, 3.8) is 0 Å². The lowest BCUT2D eigenvalue weighted by molar-refractivity contribution is -0.167. The van der Waals surface area contributed by atoms with Gasteiger partial charge in [0.15, 0.2) is 29.1 Å². The molecule has 9 nitrogen and oxygen atoms in total. The second-order valence-electron chi connectivity index (χ2n) is 9.67. The number of ether oxygens (including phenoxy) is 7. The molecule has 2 aromatic rings. The molecule has 0 saturated carbocycles. The first-order valence-corrected chi connectivity index (χ1v) is 12.5. The van der Waals surface area contributed by atoms with Crippen LogP contribution in [0.2, 0.25) is 0 Å². The minimum Gasteiger partial charge on any atom is -0.493 e. The first-order valence-electron chi connectivity index (χ1n) is 12.5. The summed E-state index contributed by atoms with van der Waals surface area (Å²) in [5, 5.41) is 12.0. The van der Waals surface area contributed by atoms with Gasteiger partial charge in [-0.25, -0.2) is 4.79 Å². The zero-order valence-electron chi connectivity index (χ0n) is 23.2. The molecule has 2 aliphatic rings. The third-order valence-electron chi connectivity index (χ3n) is 7.50. The first kappa shape index (κ1) is 27.4. The van der Waals surface area contributed by atoms with Gasteiger partial charge in [0.05, 0.1) is 28.4 Å². The van der Waals surface area contributed by atoms with E-state index in [0.29, 0.717) is 76.4 Å². The van der Waals surface area contributed by atoms with Crippen molar-refractivity contribution in [1.82, 2.24) is 0 Å². The molecule has 0 unspecified atom stereocenters. The summed E-state index contributed by atoms with van der Waals surface area (Å²) in [5.41, 5.74) is 1.48. The maximum Gasteiger partial charge on any atom is 0.334 e. The molecule has 4 rings (SSSR count). The minimum absolute atomic E-state index is 0.339. The van der Waals surface area contributed by atoms with E-state index in [9.17, 15) is 9.90 Å². The number of fused-ring (bicyclic) bond motifs is 4. The van der Waals surface area contributed by atoms with Crippen LogP contribution in [0.5, 0.6) is 34.5 Å². The molecule has 0 fully saturated rings. The van der Waals surface area contributed by atoms with Crippen molar-refractivity contribution in [3.05, 3.63) is 34.9 Å². The van der Waals surface area contributed by atoms with E-state index in [2.05, 4.69) is 0 Å². The van der Waals surface area contributed by atoms with Gasteiger partial charge < -0.3 is 38.3 Å². The maximum atomic E-state index is 13.1. The van der Waals surface area contributed by atoms with E-state index >= 15 is 0 Å². The van der Waals surface area contributed by atoms with Crippen molar-refractivity contribution in [2.75, 3.05) is 41.7 Å². The van der Waals surface area contributed by atoms with Crippen molar-refractivity contribution in [3.8, 4) is 45.6 Å². The average Bonchev–Trinajstić information content (AvgIpc) is 2.92. The Balaban J connectivity index is 2.17. The predicted molar refractivity (Wildman–Crippen MR) is 141 cm³/mol. The van der Waals surface area contributed by atoms with E-state index in [1.165, 1.54) is 14.2 Å². The molecule has 0 saturated heterocycles. The van der Waals surface area contributed by atoms with Gasteiger partial charge >= 0.3 is 5.97 Å². The fraction of sp³-hybridized carbons (Fsp3) is 0.483. The van der Waals surface area contributed by atoms with Gasteiger partial charge in [0.2, 0.25) is 11.5 Å². The molecule has 2 aromatic carbocycles. The average molecular weight is 529 g/mol. The summed E-state index contributed by atoms with van der Waals surface area (Å²) in [7, 11) is 6.18. The monoisotopic (exact) mass is 528 g/mol. The number of carbonyl (C=O) groups excluding carboxylic acids is 1. The van der Waals surface area contributed by atoms with Crippen molar-refractivity contribution in [2.24, 2.45) is 5.92 Å². The lowest BCUT2D eigenvalue weighted by atomic mass is 9.73. The number of allylic oxidation sites excluding steroid dienone is 1. The minimum atomic E-state index is -1.48. The fourth-order valence-corrected chi connectivity index (χ4v) is 5.09. The highest BCUT2D eigenvalue weighted by Crippen LogP contribution is 2.58. The quantitative estimate of drug-likeness (QED) is 0.424. The summed E-state index contributed by atoms with van der Waals surface area (Å²) in [5.74, 6) is 1.63. The molecule has 0 amide bonds. The Kier molecular flexibility index (Phi) is 7.69. The van der Waals surface area contributed by atoms with Gasteiger partial charge in [-0.2, -0.15) is 0 Å². The van der Waals surface area contributed by atoms with Gasteiger partial charge in [0, 0.05) is 22.3 Å². The molecule has 1 aliphatic heterocycles. The summed E-state index contributed by atoms with van der Waals surface area (Å²) in [6.45, 7) is 7.70. The fourth-order valence-electron chi connectivity index (χ4n) is 5.09. The topological polar surface area (TPSA) is 102 Å². The Morgan fingerprint density at radius 2 is 1.66 bits per heavy atom. The number of hydrogen-bond acceptors (Lipinski definition) is 9. The lowest BCUT2D eigenvalue weighted by Crippen LogP contribution is -2.44. The summed E-state index contributed by atoms with van der Waals surface area (Å²) in [6.07, 6.45) is 1.00. The van der Waals surface area contributed by atoms with Crippen LogP contribution in [0.3, 0.4) is 0 Å². The Hall–Kier alpha value is -3.59. The summed E-state index contributed by atoms with van der Waals surface area (Å²) in [4.78, 5) is 13.1. The molecule has 0 aromatic heterocycles. The predicted octanol–water partition coefficient (Wildman–Crippen LogP) is 4.65. The van der Waals surface area contributed by atoms with Crippen LogP contribution in [-0.4, -0.2) is 58.3 Å². The zero-order chi connectivity index (χ0) is 27.8. The standard InChI is InChI=1S/C29H36O9/c1-9-15(2)28(30)38-27-18-14-20-24(37-11-10-36-20)26(35-8)22(18)21-17(12-16(3)29(27,4)31)13-19(32-5)23(33-6)25(21)34-7/h9,13-14,16,27,31H,10-12H2,1-8H3/b15-9+/t16-,27-,29-/m0/s1. The summed E-state index contributed by atoms with van der Waals surface area (Å²) >= 11 is 0. The van der Waals surface area contributed by atoms with Crippen LogP contribution in [0.25, 0.3) is 11.1 Å². The number of aliphatic hydroxyl groups is 1. The third-order valence-corrected chi connectivity index (χ3v) is 7.50. The number of carbonyl (C=O) groups is 1. The number of benzene rings is 2. The van der Waals surface area contributed by atoms with Gasteiger partial charge in [-0.1, -0.05) is 13.0 Å². The molecule has 3 atom stereocenters. The van der Waals surface area contributed by atoms with Crippen LogP contribution in [-0.2, 0) is 16.0 Å². The SMILES string of the molecule is C/C=C(\C)C(=O)O[C@H]1c2cc3c(c(OC)c2-c2c(cc(OC)c(OC)c2OC)C[C@H](C)[C@]1(C)O)OCCO3. The Morgan fingerprint density at radius 1 is 1.00 bits per heavy atom. The second-order valence-corrected chi connectivity index (χ2v) is 9.67. The van der Waals surface area contributed by atoms with E-state index in [0.717, 1.165) is 5.56 Å². The third kappa shape index (κ3) is 4.38. The highest BCUT2D eigenvalue weighted by Gasteiger charge is 2.47. The molecule has 0 bridgehead atoms. The molecule has 0 radical (unpaired) electrons. The molecule has 38 heavy (non-hydrogen) atoms.